The average molecular weight is 238 g/mol. The van der Waals surface area contributed by atoms with Gasteiger partial charge in [0.15, 0.2) is 0 Å². The second kappa shape index (κ2) is 5.52. The molecule has 2 aliphatic rings. The van der Waals surface area contributed by atoms with Crippen LogP contribution in [0.4, 0.5) is 0 Å². The summed E-state index contributed by atoms with van der Waals surface area (Å²) < 4.78 is 0. The normalized spacial score (nSPS) is 25.6. The smallest absolute Gasteiger partial charge is 0.225 e. The Morgan fingerprint density at radius 1 is 1.41 bits per heavy atom. The zero-order valence-electron chi connectivity index (χ0n) is 10.6. The Morgan fingerprint density at radius 2 is 2.12 bits per heavy atom. The molecule has 0 spiro atoms. The summed E-state index contributed by atoms with van der Waals surface area (Å²) in [5, 5.41) is 3.09. The predicted molar refractivity (Wildman–Crippen MR) is 65.4 cm³/mol. The molecule has 1 aliphatic heterocycles. The van der Waals surface area contributed by atoms with E-state index in [4.69, 9.17) is 0 Å². The van der Waals surface area contributed by atoms with Crippen LogP contribution in [0.5, 0.6) is 0 Å². The van der Waals surface area contributed by atoms with E-state index in [9.17, 15) is 9.59 Å². The quantitative estimate of drug-likeness (QED) is 0.802. The molecule has 0 aromatic rings. The third kappa shape index (κ3) is 2.99. The van der Waals surface area contributed by atoms with Gasteiger partial charge in [-0.3, -0.25) is 9.59 Å². The molecule has 2 amide bonds. The summed E-state index contributed by atoms with van der Waals surface area (Å²) in [5.41, 5.74) is 0. The lowest BCUT2D eigenvalue weighted by Gasteiger charge is -2.17. The summed E-state index contributed by atoms with van der Waals surface area (Å²) in [5.74, 6) is 0.108. The van der Waals surface area contributed by atoms with Gasteiger partial charge in [-0.1, -0.05) is 19.8 Å². The fraction of sp³-hybridized carbons (Fsp3) is 0.846. The molecule has 4 nitrogen and oxygen atoms in total. The molecule has 0 aromatic carbocycles. The summed E-state index contributed by atoms with van der Waals surface area (Å²) in [6, 6.07) is 0.359. The van der Waals surface area contributed by atoms with E-state index < -0.39 is 0 Å². The average Bonchev–Trinajstić information content (AvgIpc) is 2.90. The van der Waals surface area contributed by atoms with Gasteiger partial charge in [0, 0.05) is 25.6 Å². The Kier molecular flexibility index (Phi) is 4.02. The first-order chi connectivity index (χ1) is 8.20. The molecule has 1 heterocycles. The van der Waals surface area contributed by atoms with Gasteiger partial charge >= 0.3 is 0 Å². The summed E-state index contributed by atoms with van der Waals surface area (Å²) in [7, 11) is 0. The lowest BCUT2D eigenvalue weighted by atomic mass is 10.1. The molecular weight excluding hydrogens is 216 g/mol. The minimum absolute atomic E-state index is 0.0869. The van der Waals surface area contributed by atoms with E-state index in [0.29, 0.717) is 19.0 Å². The van der Waals surface area contributed by atoms with Gasteiger partial charge in [-0.15, -0.1) is 0 Å². The number of hydrogen-bond acceptors (Lipinski definition) is 2. The van der Waals surface area contributed by atoms with Gasteiger partial charge in [-0.25, -0.2) is 0 Å². The number of nitrogens with one attached hydrogen (secondary N) is 1. The molecule has 0 bridgehead atoms. The summed E-state index contributed by atoms with van der Waals surface area (Å²) in [4.78, 5) is 25.5. The summed E-state index contributed by atoms with van der Waals surface area (Å²) >= 11 is 0. The van der Waals surface area contributed by atoms with Crippen molar-refractivity contribution in [1.82, 2.24) is 10.2 Å². The second-order valence-corrected chi connectivity index (χ2v) is 5.23. The van der Waals surface area contributed by atoms with Crippen molar-refractivity contribution in [2.45, 2.75) is 51.5 Å². The van der Waals surface area contributed by atoms with Gasteiger partial charge in [0.05, 0.1) is 5.92 Å². The van der Waals surface area contributed by atoms with Crippen LogP contribution < -0.4 is 5.32 Å². The minimum Gasteiger partial charge on any atom is -0.353 e. The topological polar surface area (TPSA) is 49.4 Å². The number of likely N-dealkylation sites (tertiary alicyclic amines) is 1. The number of amides is 2. The Labute approximate surface area is 103 Å². The number of nitrogens with zero attached hydrogens (tertiary/aromatic N) is 1. The first kappa shape index (κ1) is 12.4. The van der Waals surface area contributed by atoms with E-state index in [2.05, 4.69) is 12.2 Å². The van der Waals surface area contributed by atoms with Crippen LogP contribution in [0.25, 0.3) is 0 Å². The Bertz CT molecular complexity index is 298. The highest BCUT2D eigenvalue weighted by molar-refractivity contribution is 5.89. The Morgan fingerprint density at radius 3 is 2.76 bits per heavy atom. The number of carbonyl (C=O) groups is 2. The van der Waals surface area contributed by atoms with Crippen molar-refractivity contribution in [2.24, 2.45) is 5.92 Å². The van der Waals surface area contributed by atoms with Crippen LogP contribution in [-0.4, -0.2) is 35.8 Å². The van der Waals surface area contributed by atoms with Crippen LogP contribution >= 0.6 is 0 Å². The van der Waals surface area contributed by atoms with E-state index in [1.54, 1.807) is 0 Å². The van der Waals surface area contributed by atoms with Crippen molar-refractivity contribution in [1.29, 1.82) is 0 Å². The van der Waals surface area contributed by atoms with Crippen LogP contribution in [0.1, 0.15) is 45.4 Å². The van der Waals surface area contributed by atoms with Crippen LogP contribution in [0, 0.1) is 5.92 Å². The van der Waals surface area contributed by atoms with Crippen molar-refractivity contribution in [3.05, 3.63) is 0 Å². The van der Waals surface area contributed by atoms with Gasteiger partial charge in [-0.2, -0.15) is 0 Å². The van der Waals surface area contributed by atoms with Crippen LogP contribution in [-0.2, 0) is 9.59 Å². The molecule has 2 rings (SSSR count). The van der Waals surface area contributed by atoms with Crippen molar-refractivity contribution in [2.75, 3.05) is 13.1 Å². The van der Waals surface area contributed by atoms with Gasteiger partial charge < -0.3 is 10.2 Å². The zero-order chi connectivity index (χ0) is 12.3. The van der Waals surface area contributed by atoms with E-state index in [-0.39, 0.29) is 17.7 Å². The fourth-order valence-corrected chi connectivity index (χ4v) is 2.82. The molecule has 1 saturated carbocycles. The molecule has 0 aromatic heterocycles. The fourth-order valence-electron chi connectivity index (χ4n) is 2.82. The first-order valence-corrected chi connectivity index (χ1v) is 6.79. The second-order valence-electron chi connectivity index (χ2n) is 5.23. The van der Waals surface area contributed by atoms with Crippen LogP contribution in [0.15, 0.2) is 0 Å². The molecule has 4 heteroatoms. The summed E-state index contributed by atoms with van der Waals surface area (Å²) in [6.07, 6.45) is 6.00. The molecule has 17 heavy (non-hydrogen) atoms. The Balaban J connectivity index is 1.82. The van der Waals surface area contributed by atoms with Crippen LogP contribution in [0.3, 0.4) is 0 Å². The van der Waals surface area contributed by atoms with E-state index in [0.717, 1.165) is 25.8 Å². The van der Waals surface area contributed by atoms with Gasteiger partial charge in [0.1, 0.15) is 0 Å². The highest BCUT2D eigenvalue weighted by Gasteiger charge is 2.34. The zero-order valence-corrected chi connectivity index (χ0v) is 10.6. The lowest BCUT2D eigenvalue weighted by Crippen LogP contribution is -2.38. The SMILES string of the molecule is CCCN1C[C@H](C(=O)NC2CCCC2)CC1=O. The maximum Gasteiger partial charge on any atom is 0.225 e. The molecule has 1 N–H and O–H groups in total. The molecule has 2 fully saturated rings. The molecule has 96 valence electrons. The third-order valence-electron chi connectivity index (χ3n) is 3.78. The maximum absolute atomic E-state index is 12.0. The number of carbonyl (C=O) groups excluding carboxylic acids is 2. The van der Waals surface area contributed by atoms with Gasteiger partial charge in [-0.05, 0) is 19.3 Å². The first-order valence-electron chi connectivity index (χ1n) is 6.79. The van der Waals surface area contributed by atoms with Gasteiger partial charge in [0.2, 0.25) is 11.8 Å². The van der Waals surface area contributed by atoms with Crippen molar-refractivity contribution in [3.63, 3.8) is 0 Å². The Hall–Kier alpha value is -1.06. The highest BCUT2D eigenvalue weighted by Crippen LogP contribution is 2.21. The van der Waals surface area contributed by atoms with Crippen molar-refractivity contribution < 1.29 is 9.59 Å². The predicted octanol–water partition coefficient (Wildman–Crippen LogP) is 1.30. The number of rotatable bonds is 4. The monoisotopic (exact) mass is 238 g/mol. The molecule has 0 unspecified atom stereocenters. The van der Waals surface area contributed by atoms with Crippen molar-refractivity contribution >= 4 is 11.8 Å². The highest BCUT2D eigenvalue weighted by atomic mass is 16.2. The summed E-state index contributed by atoms with van der Waals surface area (Å²) in [6.45, 7) is 3.45. The molecule has 1 aliphatic carbocycles. The van der Waals surface area contributed by atoms with E-state index in [1.165, 1.54) is 12.8 Å². The molecule has 0 radical (unpaired) electrons. The molecule has 1 atom stereocenters. The third-order valence-corrected chi connectivity index (χ3v) is 3.78. The standard InChI is InChI=1S/C13H22N2O2/c1-2-7-15-9-10(8-12(15)16)13(17)14-11-5-3-4-6-11/h10-11H,2-9H2,1H3,(H,14,17)/t10-/m1/s1. The van der Waals surface area contributed by atoms with Crippen molar-refractivity contribution in [3.8, 4) is 0 Å². The largest absolute Gasteiger partial charge is 0.353 e. The van der Waals surface area contributed by atoms with E-state index in [1.807, 2.05) is 4.90 Å². The molecular formula is C13H22N2O2. The molecule has 1 saturated heterocycles. The van der Waals surface area contributed by atoms with Gasteiger partial charge in [0.25, 0.3) is 0 Å². The van der Waals surface area contributed by atoms with Crippen LogP contribution in [0.2, 0.25) is 0 Å². The minimum atomic E-state index is -0.116. The number of hydrogen-bond donors (Lipinski definition) is 1. The van der Waals surface area contributed by atoms with E-state index >= 15 is 0 Å². The maximum atomic E-state index is 12.0. The lowest BCUT2D eigenvalue weighted by molar-refractivity contribution is -0.129.